The SMILES string of the molecule is CC[C@H](CO)N(Cc1cccnc1)Cc1cccc(-n2cccn2)c1. The van der Waals surface area contributed by atoms with Gasteiger partial charge in [-0.05, 0) is 41.8 Å². The van der Waals surface area contributed by atoms with E-state index in [9.17, 15) is 5.11 Å². The second kappa shape index (κ2) is 8.55. The molecule has 0 aliphatic rings. The molecule has 0 unspecified atom stereocenters. The molecule has 0 saturated heterocycles. The van der Waals surface area contributed by atoms with Crippen LogP contribution in [0, 0.1) is 0 Å². The van der Waals surface area contributed by atoms with Gasteiger partial charge in [-0.2, -0.15) is 5.10 Å². The van der Waals surface area contributed by atoms with E-state index in [1.54, 1.807) is 12.4 Å². The van der Waals surface area contributed by atoms with Crippen molar-refractivity contribution < 1.29 is 5.11 Å². The number of aromatic nitrogens is 3. The monoisotopic (exact) mass is 336 g/mol. The molecule has 25 heavy (non-hydrogen) atoms. The van der Waals surface area contributed by atoms with E-state index in [0.29, 0.717) is 0 Å². The quantitative estimate of drug-likeness (QED) is 0.687. The molecule has 130 valence electrons. The summed E-state index contributed by atoms with van der Waals surface area (Å²) in [6.07, 6.45) is 8.28. The molecule has 3 aromatic rings. The van der Waals surface area contributed by atoms with Crippen LogP contribution in [0.3, 0.4) is 0 Å². The Morgan fingerprint density at radius 2 is 1.92 bits per heavy atom. The van der Waals surface area contributed by atoms with E-state index in [1.165, 1.54) is 5.56 Å². The Labute approximate surface area is 148 Å². The standard InChI is InChI=1S/C20H24N4O/c1-2-19(16-25)23(15-18-7-4-9-21-13-18)14-17-6-3-8-20(12-17)24-11-5-10-22-24/h3-13,19,25H,2,14-16H2,1H3/t19-/m1/s1. The van der Waals surface area contributed by atoms with Gasteiger partial charge in [-0.3, -0.25) is 9.88 Å². The molecule has 3 rings (SSSR count). The normalized spacial score (nSPS) is 12.4. The number of rotatable bonds is 8. The lowest BCUT2D eigenvalue weighted by Crippen LogP contribution is -2.36. The first-order valence-corrected chi connectivity index (χ1v) is 8.63. The van der Waals surface area contributed by atoms with E-state index in [4.69, 9.17) is 0 Å². The molecule has 0 spiro atoms. The molecule has 0 saturated carbocycles. The highest BCUT2D eigenvalue weighted by Gasteiger charge is 2.17. The van der Waals surface area contributed by atoms with Crippen LogP contribution in [-0.2, 0) is 13.1 Å². The van der Waals surface area contributed by atoms with E-state index in [0.717, 1.165) is 30.8 Å². The van der Waals surface area contributed by atoms with E-state index < -0.39 is 0 Å². The third-order valence-electron chi connectivity index (χ3n) is 4.37. The minimum Gasteiger partial charge on any atom is -0.395 e. The van der Waals surface area contributed by atoms with Crippen LogP contribution in [0.4, 0.5) is 0 Å². The van der Waals surface area contributed by atoms with Crippen LogP contribution in [0.1, 0.15) is 24.5 Å². The Morgan fingerprint density at radius 3 is 2.60 bits per heavy atom. The molecule has 0 amide bonds. The maximum absolute atomic E-state index is 9.79. The third kappa shape index (κ3) is 4.53. The smallest absolute Gasteiger partial charge is 0.0648 e. The van der Waals surface area contributed by atoms with Crippen LogP contribution in [0.2, 0.25) is 0 Å². The fourth-order valence-electron chi connectivity index (χ4n) is 3.00. The molecule has 1 N–H and O–H groups in total. The van der Waals surface area contributed by atoms with Gasteiger partial charge in [-0.15, -0.1) is 0 Å². The van der Waals surface area contributed by atoms with E-state index in [2.05, 4.69) is 46.2 Å². The summed E-state index contributed by atoms with van der Waals surface area (Å²) in [7, 11) is 0. The Hall–Kier alpha value is -2.50. The molecular weight excluding hydrogens is 312 g/mol. The van der Waals surface area contributed by atoms with Crippen molar-refractivity contribution in [2.24, 2.45) is 0 Å². The molecule has 1 aromatic carbocycles. The molecule has 0 aliphatic heterocycles. The Balaban J connectivity index is 1.81. The fourth-order valence-corrected chi connectivity index (χ4v) is 3.00. The zero-order valence-electron chi connectivity index (χ0n) is 14.5. The average molecular weight is 336 g/mol. The van der Waals surface area contributed by atoms with Crippen LogP contribution in [0.5, 0.6) is 0 Å². The van der Waals surface area contributed by atoms with E-state index >= 15 is 0 Å². The first-order chi connectivity index (χ1) is 12.3. The second-order valence-electron chi connectivity index (χ2n) is 6.13. The molecule has 5 nitrogen and oxygen atoms in total. The number of hydrogen-bond donors (Lipinski definition) is 1. The number of aliphatic hydroxyl groups is 1. The van der Waals surface area contributed by atoms with E-state index in [-0.39, 0.29) is 12.6 Å². The summed E-state index contributed by atoms with van der Waals surface area (Å²) in [6, 6.07) is 14.4. The maximum atomic E-state index is 9.79. The molecule has 0 aliphatic carbocycles. The average Bonchev–Trinajstić information content (AvgIpc) is 3.18. The zero-order chi connectivity index (χ0) is 17.5. The van der Waals surface area contributed by atoms with Gasteiger partial charge in [0.2, 0.25) is 0 Å². The molecule has 5 heteroatoms. The lowest BCUT2D eigenvalue weighted by Gasteiger charge is -2.30. The van der Waals surface area contributed by atoms with Crippen molar-refractivity contribution in [3.8, 4) is 5.69 Å². The first kappa shape index (κ1) is 17.3. The van der Waals surface area contributed by atoms with Crippen molar-refractivity contribution in [3.05, 3.63) is 78.4 Å². The number of benzene rings is 1. The van der Waals surface area contributed by atoms with Gasteiger partial charge in [0.15, 0.2) is 0 Å². The predicted octanol–water partition coefficient (Wildman–Crippen LogP) is 3.04. The highest BCUT2D eigenvalue weighted by Crippen LogP contribution is 2.17. The third-order valence-corrected chi connectivity index (χ3v) is 4.37. The maximum Gasteiger partial charge on any atom is 0.0648 e. The molecule has 0 fully saturated rings. The largest absolute Gasteiger partial charge is 0.395 e. The van der Waals surface area contributed by atoms with Crippen LogP contribution in [0.25, 0.3) is 5.69 Å². The van der Waals surface area contributed by atoms with Crippen molar-refractivity contribution in [2.45, 2.75) is 32.5 Å². The first-order valence-electron chi connectivity index (χ1n) is 8.63. The number of pyridine rings is 1. The highest BCUT2D eigenvalue weighted by molar-refractivity contribution is 5.35. The van der Waals surface area contributed by atoms with Crippen molar-refractivity contribution in [1.82, 2.24) is 19.7 Å². The fraction of sp³-hybridized carbons (Fsp3) is 0.300. The van der Waals surface area contributed by atoms with Gasteiger partial charge in [-0.1, -0.05) is 25.1 Å². The van der Waals surface area contributed by atoms with Gasteiger partial charge >= 0.3 is 0 Å². The molecule has 1 atom stereocenters. The van der Waals surface area contributed by atoms with Gasteiger partial charge in [0, 0.05) is 43.9 Å². The van der Waals surface area contributed by atoms with Gasteiger partial charge in [0.1, 0.15) is 0 Å². The summed E-state index contributed by atoms with van der Waals surface area (Å²) in [5, 5.41) is 14.1. The van der Waals surface area contributed by atoms with Gasteiger partial charge in [0.25, 0.3) is 0 Å². The van der Waals surface area contributed by atoms with Crippen LogP contribution in [0.15, 0.2) is 67.3 Å². The summed E-state index contributed by atoms with van der Waals surface area (Å²) < 4.78 is 1.86. The summed E-state index contributed by atoms with van der Waals surface area (Å²) in [5.41, 5.74) is 3.39. The van der Waals surface area contributed by atoms with Gasteiger partial charge in [0.05, 0.1) is 12.3 Å². The topological polar surface area (TPSA) is 54.2 Å². The summed E-state index contributed by atoms with van der Waals surface area (Å²) in [5.74, 6) is 0. The van der Waals surface area contributed by atoms with Crippen molar-refractivity contribution in [3.63, 3.8) is 0 Å². The summed E-state index contributed by atoms with van der Waals surface area (Å²) in [6.45, 7) is 3.79. The zero-order valence-corrected chi connectivity index (χ0v) is 14.5. The Bertz CT molecular complexity index is 754. The summed E-state index contributed by atoms with van der Waals surface area (Å²) in [4.78, 5) is 6.51. The molecular formula is C20H24N4O. The highest BCUT2D eigenvalue weighted by atomic mass is 16.3. The second-order valence-corrected chi connectivity index (χ2v) is 6.13. The number of nitrogens with zero attached hydrogens (tertiary/aromatic N) is 4. The van der Waals surface area contributed by atoms with Crippen molar-refractivity contribution in [1.29, 1.82) is 0 Å². The van der Waals surface area contributed by atoms with Gasteiger partial charge < -0.3 is 5.11 Å². The van der Waals surface area contributed by atoms with Crippen molar-refractivity contribution >= 4 is 0 Å². The number of hydrogen-bond acceptors (Lipinski definition) is 4. The lowest BCUT2D eigenvalue weighted by molar-refractivity contribution is 0.106. The molecule has 2 heterocycles. The van der Waals surface area contributed by atoms with E-state index in [1.807, 2.05) is 35.3 Å². The van der Waals surface area contributed by atoms with Crippen molar-refractivity contribution in [2.75, 3.05) is 6.61 Å². The molecule has 2 aromatic heterocycles. The predicted molar refractivity (Wildman–Crippen MR) is 98.2 cm³/mol. The Kier molecular flexibility index (Phi) is 5.93. The Morgan fingerprint density at radius 1 is 1.08 bits per heavy atom. The minimum atomic E-state index is 0.119. The van der Waals surface area contributed by atoms with Gasteiger partial charge in [-0.25, -0.2) is 4.68 Å². The van der Waals surface area contributed by atoms with Crippen LogP contribution < -0.4 is 0 Å². The minimum absolute atomic E-state index is 0.119. The molecule has 0 bridgehead atoms. The van der Waals surface area contributed by atoms with Crippen LogP contribution >= 0.6 is 0 Å². The van der Waals surface area contributed by atoms with Crippen LogP contribution in [-0.4, -0.2) is 37.4 Å². The summed E-state index contributed by atoms with van der Waals surface area (Å²) >= 11 is 0. The molecule has 0 radical (unpaired) electrons. The number of aliphatic hydroxyl groups excluding tert-OH is 1. The lowest BCUT2D eigenvalue weighted by atomic mass is 10.1.